The summed E-state index contributed by atoms with van der Waals surface area (Å²) in [5.41, 5.74) is 19.7. The summed E-state index contributed by atoms with van der Waals surface area (Å²) in [6.07, 6.45) is 0. The van der Waals surface area contributed by atoms with Crippen LogP contribution in [0.4, 0.5) is 0 Å². The van der Waals surface area contributed by atoms with Gasteiger partial charge in [0, 0.05) is 0 Å². The first kappa shape index (κ1) is 31.6. The second-order valence-electron chi connectivity index (χ2n) is 16.8. The van der Waals surface area contributed by atoms with Crippen LogP contribution in [0, 0.1) is 0 Å². The molecule has 0 heterocycles. The van der Waals surface area contributed by atoms with Gasteiger partial charge in [0.1, 0.15) is 0 Å². The van der Waals surface area contributed by atoms with Crippen LogP contribution >= 0.6 is 0 Å². The zero-order valence-corrected chi connectivity index (χ0v) is 31.7. The molecule has 10 aromatic rings. The van der Waals surface area contributed by atoms with Crippen LogP contribution in [0.1, 0.15) is 26.3 Å². The molecule has 0 saturated carbocycles. The monoisotopic (exact) mass is 710 g/mol. The highest BCUT2D eigenvalue weighted by molar-refractivity contribution is 6.31. The molecule has 0 heteroatoms. The van der Waals surface area contributed by atoms with Gasteiger partial charge in [-0.25, -0.2) is 0 Å². The van der Waals surface area contributed by atoms with Crippen molar-refractivity contribution in [3.63, 3.8) is 0 Å². The molecule has 262 valence electrons. The standard InChI is InChI=1S/C56H38/c1-56(2,3)37-25-27-40-43-22-12-20-42-39(28-29-44(52(42)43)47(40)32-37)36-24-26-45-48(30-36)51(34-16-8-5-9-17-34)54-46-23-13-21-41-38-19-11-10-18-35(38)31-49(53(41)46)55(54)50(45)33-14-6-4-7-15-33/h4-32H,1-3H3. The fourth-order valence-electron chi connectivity index (χ4n) is 10.1. The first-order valence-electron chi connectivity index (χ1n) is 19.9. The zero-order chi connectivity index (χ0) is 37.3. The first-order valence-corrected chi connectivity index (χ1v) is 19.9. The van der Waals surface area contributed by atoms with E-state index >= 15 is 0 Å². The summed E-state index contributed by atoms with van der Waals surface area (Å²) in [4.78, 5) is 0. The van der Waals surface area contributed by atoms with E-state index in [1.165, 1.54) is 127 Å². The van der Waals surface area contributed by atoms with Gasteiger partial charge in [-0.2, -0.15) is 0 Å². The van der Waals surface area contributed by atoms with E-state index in [1.54, 1.807) is 0 Å². The Bertz CT molecular complexity index is 3300. The summed E-state index contributed by atoms with van der Waals surface area (Å²) in [6.45, 7) is 6.91. The van der Waals surface area contributed by atoms with Crippen molar-refractivity contribution in [1.29, 1.82) is 0 Å². The van der Waals surface area contributed by atoms with Crippen LogP contribution in [0.3, 0.4) is 0 Å². The molecule has 0 fully saturated rings. The van der Waals surface area contributed by atoms with Crippen LogP contribution in [0.15, 0.2) is 176 Å². The summed E-state index contributed by atoms with van der Waals surface area (Å²) in [6, 6.07) is 66.4. The Balaban J connectivity index is 1.19. The number of hydrogen-bond acceptors (Lipinski definition) is 0. The third-order valence-corrected chi connectivity index (χ3v) is 12.7. The van der Waals surface area contributed by atoms with E-state index in [-0.39, 0.29) is 5.41 Å². The molecule has 0 spiro atoms. The number of hydrogen-bond donors (Lipinski definition) is 0. The minimum absolute atomic E-state index is 0.0869. The quantitative estimate of drug-likeness (QED) is 0.160. The van der Waals surface area contributed by atoms with Gasteiger partial charge in [-0.1, -0.05) is 178 Å². The SMILES string of the molecule is CC(C)(C)c1ccc2c(c1)-c1ccc(-c3ccc4c(-c5ccccc5)c5c(c(-c6ccccc6)c4c3)-c3cccc4c3c-5cc3ccccc34)c3cccc-2c13. The van der Waals surface area contributed by atoms with E-state index in [0.29, 0.717) is 0 Å². The number of rotatable bonds is 3. The van der Waals surface area contributed by atoms with Crippen molar-refractivity contribution in [2.24, 2.45) is 0 Å². The summed E-state index contributed by atoms with van der Waals surface area (Å²) in [5, 5.41) is 10.5. The maximum absolute atomic E-state index is 2.49. The summed E-state index contributed by atoms with van der Waals surface area (Å²) >= 11 is 0. The van der Waals surface area contributed by atoms with Crippen molar-refractivity contribution < 1.29 is 0 Å². The number of fused-ring (bicyclic) bond motifs is 9. The van der Waals surface area contributed by atoms with Crippen LogP contribution < -0.4 is 0 Å². The lowest BCUT2D eigenvalue weighted by Crippen LogP contribution is -2.10. The normalized spacial score (nSPS) is 12.6. The predicted molar refractivity (Wildman–Crippen MR) is 240 cm³/mol. The van der Waals surface area contributed by atoms with Gasteiger partial charge in [0.15, 0.2) is 0 Å². The third kappa shape index (κ3) is 4.30. The molecular formula is C56H38. The molecule has 0 N–H and O–H groups in total. The fourth-order valence-corrected chi connectivity index (χ4v) is 10.1. The molecule has 2 aliphatic carbocycles. The molecular weight excluding hydrogens is 673 g/mol. The Morgan fingerprint density at radius 3 is 1.64 bits per heavy atom. The van der Waals surface area contributed by atoms with Gasteiger partial charge < -0.3 is 0 Å². The van der Waals surface area contributed by atoms with Crippen LogP contribution in [-0.2, 0) is 5.41 Å². The lowest BCUT2D eigenvalue weighted by molar-refractivity contribution is 0.590. The van der Waals surface area contributed by atoms with Crippen molar-refractivity contribution in [2.45, 2.75) is 26.2 Å². The fraction of sp³-hybridized carbons (Fsp3) is 0.0714. The molecule has 12 rings (SSSR count). The Kier molecular flexibility index (Phi) is 6.42. The maximum Gasteiger partial charge on any atom is -0.000719 e. The number of benzene rings is 10. The van der Waals surface area contributed by atoms with E-state index in [1.807, 2.05) is 0 Å². The van der Waals surface area contributed by atoms with Gasteiger partial charge in [-0.15, -0.1) is 0 Å². The highest BCUT2D eigenvalue weighted by Gasteiger charge is 2.32. The van der Waals surface area contributed by atoms with Crippen molar-refractivity contribution in [1.82, 2.24) is 0 Å². The molecule has 10 aromatic carbocycles. The molecule has 0 aromatic heterocycles. The van der Waals surface area contributed by atoms with E-state index in [0.717, 1.165) is 0 Å². The first-order chi connectivity index (χ1) is 27.4. The average molecular weight is 711 g/mol. The van der Waals surface area contributed by atoms with Crippen LogP contribution in [0.25, 0.3) is 121 Å². The molecule has 0 amide bonds. The Hall–Kier alpha value is -6.76. The van der Waals surface area contributed by atoms with Gasteiger partial charge in [0.25, 0.3) is 0 Å². The minimum Gasteiger partial charge on any atom is -0.0622 e. The van der Waals surface area contributed by atoms with Gasteiger partial charge in [0.05, 0.1) is 0 Å². The molecule has 2 aliphatic rings. The molecule has 0 atom stereocenters. The molecule has 56 heavy (non-hydrogen) atoms. The molecule has 0 aliphatic heterocycles. The van der Waals surface area contributed by atoms with E-state index < -0.39 is 0 Å². The summed E-state index contributed by atoms with van der Waals surface area (Å²) in [7, 11) is 0. The topological polar surface area (TPSA) is 0 Å². The second-order valence-corrected chi connectivity index (χ2v) is 16.8. The van der Waals surface area contributed by atoms with Gasteiger partial charge in [0.2, 0.25) is 0 Å². The average Bonchev–Trinajstić information content (AvgIpc) is 3.74. The summed E-state index contributed by atoms with van der Waals surface area (Å²) in [5.74, 6) is 0. The van der Waals surface area contributed by atoms with Crippen molar-refractivity contribution in [2.75, 3.05) is 0 Å². The van der Waals surface area contributed by atoms with Crippen molar-refractivity contribution in [3.05, 3.63) is 181 Å². The van der Waals surface area contributed by atoms with Gasteiger partial charge in [-0.05, 0) is 150 Å². The minimum atomic E-state index is 0.0869. The Morgan fingerprint density at radius 1 is 0.286 bits per heavy atom. The predicted octanol–water partition coefficient (Wildman–Crippen LogP) is 15.9. The van der Waals surface area contributed by atoms with Crippen LogP contribution in [-0.4, -0.2) is 0 Å². The molecule has 0 saturated heterocycles. The van der Waals surface area contributed by atoms with Crippen molar-refractivity contribution >= 4 is 43.1 Å². The van der Waals surface area contributed by atoms with Crippen LogP contribution in [0.5, 0.6) is 0 Å². The Morgan fingerprint density at radius 2 is 0.875 bits per heavy atom. The molecule has 0 unspecified atom stereocenters. The smallest absolute Gasteiger partial charge is 0.000719 e. The molecule has 0 nitrogen and oxygen atoms in total. The lowest BCUT2D eigenvalue weighted by atomic mass is 9.81. The van der Waals surface area contributed by atoms with Gasteiger partial charge in [-0.3, -0.25) is 0 Å². The van der Waals surface area contributed by atoms with Gasteiger partial charge >= 0.3 is 0 Å². The second kappa shape index (κ2) is 11.4. The largest absolute Gasteiger partial charge is 0.0622 e. The highest BCUT2D eigenvalue weighted by atomic mass is 14.3. The van der Waals surface area contributed by atoms with Crippen LogP contribution in [0.2, 0.25) is 0 Å². The highest BCUT2D eigenvalue weighted by Crippen LogP contribution is 2.59. The zero-order valence-electron chi connectivity index (χ0n) is 31.7. The molecule has 0 bridgehead atoms. The van der Waals surface area contributed by atoms with Crippen molar-refractivity contribution in [3.8, 4) is 77.9 Å². The molecule has 0 radical (unpaired) electrons. The Labute approximate surface area is 327 Å². The summed E-state index contributed by atoms with van der Waals surface area (Å²) < 4.78 is 0. The third-order valence-electron chi connectivity index (χ3n) is 12.7. The maximum atomic E-state index is 2.49. The van der Waals surface area contributed by atoms with E-state index in [9.17, 15) is 0 Å². The van der Waals surface area contributed by atoms with E-state index in [4.69, 9.17) is 0 Å². The lowest BCUT2D eigenvalue weighted by Gasteiger charge is -2.21. The van der Waals surface area contributed by atoms with E-state index in [2.05, 4.69) is 197 Å².